The van der Waals surface area contributed by atoms with Gasteiger partial charge in [-0.3, -0.25) is 4.79 Å². The van der Waals surface area contributed by atoms with Gasteiger partial charge in [0.05, 0.1) is 11.8 Å². The van der Waals surface area contributed by atoms with Crippen LogP contribution < -0.4 is 5.73 Å². The van der Waals surface area contributed by atoms with Gasteiger partial charge in [0.2, 0.25) is 5.91 Å². The first-order valence-electron chi connectivity index (χ1n) is 10.6. The fourth-order valence-corrected chi connectivity index (χ4v) is 5.72. The zero-order valence-electron chi connectivity index (χ0n) is 18.3. The summed E-state index contributed by atoms with van der Waals surface area (Å²) in [5.74, 6) is -0.390. The van der Waals surface area contributed by atoms with Crippen molar-refractivity contribution < 1.29 is 9.53 Å². The normalized spacial score (nSPS) is 13.4. The lowest BCUT2D eigenvalue weighted by molar-refractivity contribution is -0.124. The van der Waals surface area contributed by atoms with Gasteiger partial charge in [-0.25, -0.2) is 0 Å². The van der Waals surface area contributed by atoms with Crippen molar-refractivity contribution in [1.82, 2.24) is 0 Å². The largest absolute Gasteiger partial charge is 0.372 e. The lowest BCUT2D eigenvalue weighted by Crippen LogP contribution is -2.36. The van der Waals surface area contributed by atoms with Crippen LogP contribution in [0.5, 0.6) is 0 Å². The highest BCUT2D eigenvalue weighted by Crippen LogP contribution is 2.50. The number of thiophene rings is 1. The maximum atomic E-state index is 12.0. The van der Waals surface area contributed by atoms with E-state index in [1.165, 1.54) is 0 Å². The van der Waals surface area contributed by atoms with Gasteiger partial charge >= 0.3 is 0 Å². The second kappa shape index (κ2) is 9.11. The van der Waals surface area contributed by atoms with Gasteiger partial charge in [0.15, 0.2) is 0 Å². The Morgan fingerprint density at radius 2 is 1.25 bits per heavy atom. The molecule has 0 bridgehead atoms. The van der Waals surface area contributed by atoms with Crippen LogP contribution in [0.2, 0.25) is 0 Å². The number of amides is 1. The molecule has 1 unspecified atom stereocenters. The number of benzene rings is 3. The molecule has 3 aromatic carbocycles. The summed E-state index contributed by atoms with van der Waals surface area (Å²) < 4.78 is 5.95. The van der Waals surface area contributed by atoms with E-state index in [1.54, 1.807) is 18.4 Å². The number of carbonyl (C=O) groups excluding carboxylic acids is 1. The summed E-state index contributed by atoms with van der Waals surface area (Å²) in [4.78, 5) is 13.0. The van der Waals surface area contributed by atoms with Crippen molar-refractivity contribution >= 4 is 17.2 Å². The standard InChI is InChI=1S/C28H27NO2S/c1-27(31-2,20-25(29)30)26-24(18-19-32-26)28(21-12-6-3-7-13-21,22-14-8-4-9-15-22)23-16-10-5-11-17-23/h3-19H,20H2,1-2H3,(H2,29,30). The number of carbonyl (C=O) groups is 1. The molecule has 1 heterocycles. The summed E-state index contributed by atoms with van der Waals surface area (Å²) in [6.07, 6.45) is 0.103. The monoisotopic (exact) mass is 441 g/mol. The summed E-state index contributed by atoms with van der Waals surface area (Å²) in [6, 6.07) is 33.7. The number of methoxy groups -OCH3 is 1. The summed E-state index contributed by atoms with van der Waals surface area (Å²) in [7, 11) is 1.64. The molecular weight excluding hydrogens is 414 g/mol. The number of rotatable bonds is 8. The van der Waals surface area contributed by atoms with Gasteiger partial charge in [0.1, 0.15) is 5.60 Å². The number of hydrogen-bond acceptors (Lipinski definition) is 3. The molecule has 0 aliphatic carbocycles. The van der Waals surface area contributed by atoms with E-state index in [0.29, 0.717) is 0 Å². The molecular formula is C28H27NO2S. The molecule has 1 aromatic heterocycles. The lowest BCUT2D eigenvalue weighted by Gasteiger charge is -2.39. The predicted molar refractivity (Wildman–Crippen MR) is 131 cm³/mol. The van der Waals surface area contributed by atoms with E-state index in [-0.39, 0.29) is 6.42 Å². The first-order valence-corrected chi connectivity index (χ1v) is 11.5. The summed E-state index contributed by atoms with van der Waals surface area (Å²) in [5, 5.41) is 2.08. The molecule has 0 saturated carbocycles. The maximum absolute atomic E-state index is 12.0. The Labute approximate surface area is 193 Å². The van der Waals surface area contributed by atoms with E-state index < -0.39 is 16.9 Å². The Morgan fingerprint density at radius 1 is 0.812 bits per heavy atom. The topological polar surface area (TPSA) is 52.3 Å². The Morgan fingerprint density at radius 3 is 1.62 bits per heavy atom. The average molecular weight is 442 g/mol. The van der Waals surface area contributed by atoms with Gasteiger partial charge in [-0.2, -0.15) is 0 Å². The van der Waals surface area contributed by atoms with Crippen molar-refractivity contribution in [3.8, 4) is 0 Å². The van der Waals surface area contributed by atoms with Gasteiger partial charge in [0, 0.05) is 12.0 Å². The van der Waals surface area contributed by atoms with E-state index in [0.717, 1.165) is 27.1 Å². The zero-order chi connectivity index (χ0) is 22.6. The van der Waals surface area contributed by atoms with Gasteiger partial charge < -0.3 is 10.5 Å². The Bertz CT molecular complexity index is 1080. The van der Waals surface area contributed by atoms with Crippen molar-refractivity contribution in [3.05, 3.63) is 130 Å². The zero-order valence-corrected chi connectivity index (χ0v) is 19.1. The fourth-order valence-electron chi connectivity index (χ4n) is 4.62. The first-order chi connectivity index (χ1) is 15.5. The quantitative estimate of drug-likeness (QED) is 0.348. The molecule has 162 valence electrons. The predicted octanol–water partition coefficient (Wildman–Crippen LogP) is 5.87. The van der Waals surface area contributed by atoms with E-state index in [4.69, 9.17) is 10.5 Å². The first kappa shape index (κ1) is 22.0. The molecule has 0 spiro atoms. The second-order valence-electron chi connectivity index (χ2n) is 8.09. The lowest BCUT2D eigenvalue weighted by atomic mass is 9.64. The van der Waals surface area contributed by atoms with Crippen molar-refractivity contribution in [3.63, 3.8) is 0 Å². The third-order valence-corrected chi connectivity index (χ3v) is 7.29. The molecule has 0 radical (unpaired) electrons. The van der Waals surface area contributed by atoms with E-state index in [1.807, 2.05) is 25.1 Å². The molecule has 1 amide bonds. The maximum Gasteiger partial charge on any atom is 0.220 e. The molecule has 0 fully saturated rings. The fraction of sp³-hybridized carbons (Fsp3) is 0.179. The number of primary amides is 1. The molecule has 3 nitrogen and oxygen atoms in total. The van der Waals surface area contributed by atoms with Crippen LogP contribution in [0.25, 0.3) is 0 Å². The Hall–Kier alpha value is -3.21. The minimum Gasteiger partial charge on any atom is -0.372 e. The van der Waals surface area contributed by atoms with Crippen LogP contribution in [-0.2, 0) is 20.5 Å². The van der Waals surface area contributed by atoms with Crippen LogP contribution in [0.15, 0.2) is 102 Å². The highest BCUT2D eigenvalue weighted by Gasteiger charge is 2.44. The van der Waals surface area contributed by atoms with Gasteiger partial charge in [-0.1, -0.05) is 91.0 Å². The molecule has 0 aliphatic rings. The van der Waals surface area contributed by atoms with Gasteiger partial charge in [-0.15, -0.1) is 11.3 Å². The molecule has 1 atom stereocenters. The van der Waals surface area contributed by atoms with Crippen molar-refractivity contribution in [2.45, 2.75) is 24.4 Å². The number of ether oxygens (including phenoxy) is 1. The van der Waals surface area contributed by atoms with Crippen LogP contribution in [0.1, 0.15) is 40.5 Å². The summed E-state index contributed by atoms with van der Waals surface area (Å²) >= 11 is 1.60. The van der Waals surface area contributed by atoms with Crippen molar-refractivity contribution in [2.24, 2.45) is 5.73 Å². The van der Waals surface area contributed by atoms with E-state index >= 15 is 0 Å². The highest BCUT2D eigenvalue weighted by atomic mass is 32.1. The smallest absolute Gasteiger partial charge is 0.220 e. The van der Waals surface area contributed by atoms with Crippen molar-refractivity contribution in [2.75, 3.05) is 7.11 Å². The third kappa shape index (κ3) is 3.77. The van der Waals surface area contributed by atoms with Crippen LogP contribution in [0.3, 0.4) is 0 Å². The molecule has 2 N–H and O–H groups in total. The molecule has 0 aliphatic heterocycles. The number of hydrogen-bond donors (Lipinski definition) is 1. The SMILES string of the molecule is COC(C)(CC(N)=O)c1sccc1C(c1ccccc1)(c1ccccc1)c1ccccc1. The molecule has 0 saturated heterocycles. The van der Waals surface area contributed by atoms with Gasteiger partial charge in [0.25, 0.3) is 0 Å². The minimum absolute atomic E-state index is 0.103. The summed E-state index contributed by atoms with van der Waals surface area (Å²) in [6.45, 7) is 1.94. The summed E-state index contributed by atoms with van der Waals surface area (Å²) in [5.41, 5.74) is 8.75. The third-order valence-electron chi connectivity index (χ3n) is 6.13. The minimum atomic E-state index is -0.834. The van der Waals surface area contributed by atoms with E-state index in [9.17, 15) is 4.79 Å². The molecule has 4 heteroatoms. The van der Waals surface area contributed by atoms with Crippen LogP contribution in [0, 0.1) is 0 Å². The van der Waals surface area contributed by atoms with E-state index in [2.05, 4.69) is 84.2 Å². The Balaban J connectivity index is 2.12. The Kier molecular flexibility index (Phi) is 6.26. The number of nitrogens with two attached hydrogens (primary N) is 1. The van der Waals surface area contributed by atoms with Crippen LogP contribution >= 0.6 is 11.3 Å². The second-order valence-corrected chi connectivity index (χ2v) is 9.01. The van der Waals surface area contributed by atoms with Crippen molar-refractivity contribution in [1.29, 1.82) is 0 Å². The molecule has 32 heavy (non-hydrogen) atoms. The average Bonchev–Trinajstić information content (AvgIpc) is 3.32. The van der Waals surface area contributed by atoms with Crippen LogP contribution in [0.4, 0.5) is 0 Å². The highest BCUT2D eigenvalue weighted by molar-refractivity contribution is 7.10. The van der Waals surface area contributed by atoms with Crippen LogP contribution in [-0.4, -0.2) is 13.0 Å². The van der Waals surface area contributed by atoms with Gasteiger partial charge in [-0.05, 0) is 40.6 Å². The molecule has 4 rings (SSSR count). The molecule has 4 aromatic rings.